The van der Waals surface area contributed by atoms with Crippen molar-refractivity contribution in [1.29, 1.82) is 0 Å². The number of aryl methyl sites for hydroxylation is 1. The van der Waals surface area contributed by atoms with Crippen LogP contribution in [-0.2, 0) is 27.8 Å². The van der Waals surface area contributed by atoms with Crippen molar-refractivity contribution in [2.24, 2.45) is 0 Å². The Bertz CT molecular complexity index is 1740. The van der Waals surface area contributed by atoms with Crippen molar-refractivity contribution in [3.05, 3.63) is 81.7 Å². The standard InChI is InChI=1S/C33H40N6O4S/c1-22-30(35-23(2)31(22)33(41)34-12-6-13-38-17-15-37(3)16-18-38)20-28-27-19-26(9-10-29(27)36-32(28)40)44(42,43)39-14-11-24-7-4-5-8-25(24)21-39/h4-5,7-10,19-20,35H,6,11-18,21H2,1-3H3,(H,34,41)(H,36,40). The third-order valence-electron chi connectivity index (χ3n) is 9.03. The van der Waals surface area contributed by atoms with Crippen LogP contribution in [0.1, 0.15) is 50.4 Å². The van der Waals surface area contributed by atoms with Crippen molar-refractivity contribution in [1.82, 2.24) is 24.4 Å². The van der Waals surface area contributed by atoms with Crippen LogP contribution in [0.3, 0.4) is 0 Å². The van der Waals surface area contributed by atoms with Gasteiger partial charge in [-0.25, -0.2) is 8.42 Å². The SMILES string of the molecule is Cc1[nH]c(C=C2C(=O)Nc3ccc(S(=O)(=O)N4CCc5ccccc5C4)cc32)c(C)c1C(=O)NCCCN1CCN(C)CC1. The highest BCUT2D eigenvalue weighted by molar-refractivity contribution is 7.89. The van der Waals surface area contributed by atoms with Crippen LogP contribution in [0.4, 0.5) is 5.69 Å². The summed E-state index contributed by atoms with van der Waals surface area (Å²) in [5.41, 5.74) is 6.27. The fourth-order valence-electron chi connectivity index (χ4n) is 6.36. The Labute approximate surface area is 259 Å². The molecule has 4 heterocycles. The quantitative estimate of drug-likeness (QED) is 0.264. The Hall–Kier alpha value is -3.77. The van der Waals surface area contributed by atoms with Crippen molar-refractivity contribution < 1.29 is 18.0 Å². The molecular formula is C33H40N6O4S. The highest BCUT2D eigenvalue weighted by Gasteiger charge is 2.32. The molecule has 232 valence electrons. The minimum absolute atomic E-state index is 0.146. The van der Waals surface area contributed by atoms with Crippen LogP contribution in [0.5, 0.6) is 0 Å². The lowest BCUT2D eigenvalue weighted by atomic mass is 10.0. The Morgan fingerprint density at radius 1 is 1.02 bits per heavy atom. The fraction of sp³-hybridized carbons (Fsp3) is 0.394. The number of hydrogen-bond acceptors (Lipinski definition) is 6. The molecular weight excluding hydrogens is 576 g/mol. The Kier molecular flexibility index (Phi) is 8.47. The maximum absolute atomic E-state index is 13.7. The number of H-pyrrole nitrogens is 1. The van der Waals surface area contributed by atoms with Gasteiger partial charge >= 0.3 is 0 Å². The molecule has 3 N–H and O–H groups in total. The number of likely N-dealkylation sites (N-methyl/N-ethyl adjacent to an activating group) is 1. The smallest absolute Gasteiger partial charge is 0.256 e. The number of amides is 2. The normalized spacial score (nSPS) is 18.7. The molecule has 2 amide bonds. The van der Waals surface area contributed by atoms with E-state index in [0.29, 0.717) is 59.8 Å². The van der Waals surface area contributed by atoms with Gasteiger partial charge < -0.3 is 25.4 Å². The lowest BCUT2D eigenvalue weighted by molar-refractivity contribution is -0.110. The zero-order valence-electron chi connectivity index (χ0n) is 25.6. The molecule has 3 aromatic rings. The van der Waals surface area contributed by atoms with Gasteiger partial charge in [-0.2, -0.15) is 4.31 Å². The number of carbonyl (C=O) groups excluding carboxylic acids is 2. The minimum Gasteiger partial charge on any atom is -0.358 e. The number of hydrogen-bond donors (Lipinski definition) is 3. The van der Waals surface area contributed by atoms with Crippen molar-refractivity contribution in [3.63, 3.8) is 0 Å². The van der Waals surface area contributed by atoms with E-state index in [0.717, 1.165) is 50.3 Å². The summed E-state index contributed by atoms with van der Waals surface area (Å²) in [4.78, 5) is 34.4. The number of nitrogens with one attached hydrogen (secondary N) is 3. The number of benzene rings is 2. The predicted octanol–water partition coefficient (Wildman–Crippen LogP) is 3.24. The summed E-state index contributed by atoms with van der Waals surface area (Å²) >= 11 is 0. The zero-order chi connectivity index (χ0) is 31.0. The van der Waals surface area contributed by atoms with Crippen LogP contribution in [-0.4, -0.2) is 92.2 Å². The van der Waals surface area contributed by atoms with E-state index in [1.54, 1.807) is 24.3 Å². The van der Waals surface area contributed by atoms with Gasteiger partial charge in [0, 0.05) is 68.5 Å². The molecule has 0 radical (unpaired) electrons. The molecule has 3 aliphatic rings. The summed E-state index contributed by atoms with van der Waals surface area (Å²) in [6.45, 7) is 10.2. The third kappa shape index (κ3) is 5.97. The van der Waals surface area contributed by atoms with Crippen LogP contribution >= 0.6 is 0 Å². The van der Waals surface area contributed by atoms with Crippen molar-refractivity contribution >= 4 is 39.2 Å². The molecule has 0 atom stereocenters. The summed E-state index contributed by atoms with van der Waals surface area (Å²) in [5.74, 6) is -0.463. The van der Waals surface area contributed by atoms with E-state index in [1.807, 2.05) is 38.1 Å². The van der Waals surface area contributed by atoms with Crippen LogP contribution in [0.15, 0.2) is 47.4 Å². The molecule has 1 fully saturated rings. The van der Waals surface area contributed by atoms with Gasteiger partial charge in [0.05, 0.1) is 16.0 Å². The molecule has 1 saturated heterocycles. The number of piperazine rings is 1. The average Bonchev–Trinajstić information content (AvgIpc) is 3.48. The van der Waals surface area contributed by atoms with Gasteiger partial charge in [-0.05, 0) is 81.2 Å². The van der Waals surface area contributed by atoms with Crippen LogP contribution in [0.25, 0.3) is 11.6 Å². The van der Waals surface area contributed by atoms with E-state index in [2.05, 4.69) is 32.5 Å². The third-order valence-corrected chi connectivity index (χ3v) is 10.9. The minimum atomic E-state index is -3.78. The summed E-state index contributed by atoms with van der Waals surface area (Å²) in [6.07, 6.45) is 3.24. The largest absolute Gasteiger partial charge is 0.358 e. The molecule has 2 aromatic carbocycles. The molecule has 11 heteroatoms. The molecule has 6 rings (SSSR count). The van der Waals surface area contributed by atoms with Crippen LogP contribution < -0.4 is 10.6 Å². The number of aromatic amines is 1. The summed E-state index contributed by atoms with van der Waals surface area (Å²) in [5, 5.41) is 5.91. The second kappa shape index (κ2) is 12.3. The maximum Gasteiger partial charge on any atom is 0.256 e. The van der Waals surface area contributed by atoms with Gasteiger partial charge in [0.2, 0.25) is 10.0 Å². The lowest BCUT2D eigenvalue weighted by Crippen LogP contribution is -2.45. The first kappa shape index (κ1) is 30.3. The van der Waals surface area contributed by atoms with Crippen molar-refractivity contribution in [3.8, 4) is 0 Å². The summed E-state index contributed by atoms with van der Waals surface area (Å²) in [6, 6.07) is 12.7. The van der Waals surface area contributed by atoms with Gasteiger partial charge in [-0.1, -0.05) is 24.3 Å². The van der Waals surface area contributed by atoms with E-state index >= 15 is 0 Å². The van der Waals surface area contributed by atoms with Gasteiger partial charge in [0.1, 0.15) is 0 Å². The van der Waals surface area contributed by atoms with E-state index in [9.17, 15) is 18.0 Å². The van der Waals surface area contributed by atoms with Crippen molar-refractivity contribution in [2.75, 3.05) is 58.2 Å². The molecule has 0 bridgehead atoms. The topological polar surface area (TPSA) is 118 Å². The predicted molar refractivity (Wildman–Crippen MR) is 172 cm³/mol. The first-order valence-corrected chi connectivity index (χ1v) is 16.7. The number of nitrogens with zero attached hydrogens (tertiary/aromatic N) is 3. The maximum atomic E-state index is 13.7. The number of carbonyl (C=O) groups is 2. The average molecular weight is 617 g/mol. The van der Waals surface area contributed by atoms with E-state index in [-0.39, 0.29) is 16.7 Å². The van der Waals surface area contributed by atoms with Crippen LogP contribution in [0.2, 0.25) is 0 Å². The first-order valence-electron chi connectivity index (χ1n) is 15.2. The molecule has 0 aliphatic carbocycles. The van der Waals surface area contributed by atoms with Crippen LogP contribution in [0, 0.1) is 13.8 Å². The molecule has 10 nitrogen and oxygen atoms in total. The first-order chi connectivity index (χ1) is 21.1. The lowest BCUT2D eigenvalue weighted by Gasteiger charge is -2.32. The van der Waals surface area contributed by atoms with E-state index in [4.69, 9.17) is 0 Å². The molecule has 0 spiro atoms. The molecule has 1 aromatic heterocycles. The highest BCUT2D eigenvalue weighted by Crippen LogP contribution is 2.37. The summed E-state index contributed by atoms with van der Waals surface area (Å²) in [7, 11) is -1.64. The van der Waals surface area contributed by atoms with E-state index < -0.39 is 10.0 Å². The second-order valence-electron chi connectivity index (χ2n) is 12.0. The Morgan fingerprint density at radius 3 is 2.55 bits per heavy atom. The van der Waals surface area contributed by atoms with Gasteiger partial charge in [0.15, 0.2) is 0 Å². The van der Waals surface area contributed by atoms with Gasteiger partial charge in [-0.15, -0.1) is 0 Å². The monoisotopic (exact) mass is 616 g/mol. The molecule has 3 aliphatic heterocycles. The molecule has 0 unspecified atom stereocenters. The van der Waals surface area contributed by atoms with Gasteiger partial charge in [0.25, 0.3) is 11.8 Å². The van der Waals surface area contributed by atoms with Crippen molar-refractivity contribution in [2.45, 2.75) is 38.1 Å². The zero-order valence-corrected chi connectivity index (χ0v) is 26.4. The number of rotatable bonds is 8. The number of anilines is 1. The number of sulfonamides is 1. The van der Waals surface area contributed by atoms with Gasteiger partial charge in [-0.3, -0.25) is 9.59 Å². The highest BCUT2D eigenvalue weighted by atomic mass is 32.2. The Balaban J connectivity index is 1.18. The number of aromatic nitrogens is 1. The molecule has 0 saturated carbocycles. The second-order valence-corrected chi connectivity index (χ2v) is 13.9. The number of fused-ring (bicyclic) bond motifs is 2. The molecule has 44 heavy (non-hydrogen) atoms. The fourth-order valence-corrected chi connectivity index (χ4v) is 7.81. The van der Waals surface area contributed by atoms with E-state index in [1.165, 1.54) is 9.87 Å². The Morgan fingerprint density at radius 2 is 1.77 bits per heavy atom. The summed E-state index contributed by atoms with van der Waals surface area (Å²) < 4.78 is 28.9.